The fourth-order valence-electron chi connectivity index (χ4n) is 2.53. The molecule has 0 spiro atoms. The van der Waals surface area contributed by atoms with Gasteiger partial charge in [0.25, 0.3) is 5.91 Å². The van der Waals surface area contributed by atoms with Crippen LogP contribution in [0.3, 0.4) is 0 Å². The summed E-state index contributed by atoms with van der Waals surface area (Å²) in [5.74, 6) is 0.380. The normalized spacial score (nSPS) is 11.5. The number of hydrogen-bond donors (Lipinski definition) is 3. The molecule has 1 atom stereocenters. The highest BCUT2D eigenvalue weighted by atomic mass is 16.5. The van der Waals surface area contributed by atoms with Gasteiger partial charge in [-0.1, -0.05) is 24.3 Å². The Morgan fingerprint density at radius 2 is 1.85 bits per heavy atom. The minimum Gasteiger partial charge on any atom is -0.484 e. The largest absolute Gasteiger partial charge is 0.484 e. The van der Waals surface area contributed by atoms with E-state index in [9.17, 15) is 9.59 Å². The minimum absolute atomic E-state index is 0.0374. The van der Waals surface area contributed by atoms with E-state index in [4.69, 9.17) is 10.5 Å². The van der Waals surface area contributed by atoms with Crippen molar-refractivity contribution >= 4 is 17.5 Å². The number of carbonyl (C=O) groups is 2. The maximum atomic E-state index is 12.0. The second kappa shape index (κ2) is 10.3. The third-order valence-corrected chi connectivity index (χ3v) is 3.84. The summed E-state index contributed by atoms with van der Waals surface area (Å²) < 4.78 is 5.52. The molecule has 0 heterocycles. The molecule has 6 heteroatoms. The average molecular weight is 369 g/mol. The molecule has 2 rings (SSSR count). The molecule has 0 radical (unpaired) electrons. The molecule has 4 N–H and O–H groups in total. The van der Waals surface area contributed by atoms with E-state index < -0.39 is 0 Å². The summed E-state index contributed by atoms with van der Waals surface area (Å²) in [7, 11) is 0. The molecule has 0 aliphatic heterocycles. The summed E-state index contributed by atoms with van der Waals surface area (Å²) in [4.78, 5) is 23.5. The zero-order valence-corrected chi connectivity index (χ0v) is 15.8. The highest BCUT2D eigenvalue weighted by Gasteiger charge is 2.06. The van der Waals surface area contributed by atoms with Crippen molar-refractivity contribution in [1.29, 1.82) is 0 Å². The summed E-state index contributed by atoms with van der Waals surface area (Å²) in [6, 6.07) is 15.0. The monoisotopic (exact) mass is 369 g/mol. The van der Waals surface area contributed by atoms with Gasteiger partial charge in [-0.15, -0.1) is 0 Å². The first-order chi connectivity index (χ1) is 12.9. The van der Waals surface area contributed by atoms with Crippen LogP contribution in [0, 0.1) is 6.92 Å². The van der Waals surface area contributed by atoms with Crippen LogP contribution >= 0.6 is 0 Å². The van der Waals surface area contributed by atoms with Crippen molar-refractivity contribution in [3.8, 4) is 5.75 Å². The van der Waals surface area contributed by atoms with Gasteiger partial charge in [0.2, 0.25) is 5.91 Å². The quantitative estimate of drug-likeness (QED) is 0.633. The van der Waals surface area contributed by atoms with Crippen LogP contribution in [0.15, 0.2) is 48.5 Å². The Kier molecular flexibility index (Phi) is 7.82. The summed E-state index contributed by atoms with van der Waals surface area (Å²) in [5.41, 5.74) is 8.50. The Morgan fingerprint density at radius 3 is 2.52 bits per heavy atom. The zero-order valence-electron chi connectivity index (χ0n) is 15.8. The van der Waals surface area contributed by atoms with Gasteiger partial charge < -0.3 is 21.1 Å². The number of nitrogens with one attached hydrogen (secondary N) is 2. The van der Waals surface area contributed by atoms with Crippen LogP contribution in [0.4, 0.5) is 5.69 Å². The van der Waals surface area contributed by atoms with Crippen LogP contribution in [0.2, 0.25) is 0 Å². The summed E-state index contributed by atoms with van der Waals surface area (Å²) in [5, 5.41) is 5.64. The molecule has 2 aromatic carbocycles. The summed E-state index contributed by atoms with van der Waals surface area (Å²) >= 11 is 0. The predicted molar refractivity (Wildman–Crippen MR) is 107 cm³/mol. The van der Waals surface area contributed by atoms with Gasteiger partial charge in [0.1, 0.15) is 5.75 Å². The lowest BCUT2D eigenvalue weighted by Gasteiger charge is -2.09. The molecular weight excluding hydrogens is 342 g/mol. The van der Waals surface area contributed by atoms with Gasteiger partial charge in [-0.3, -0.25) is 9.59 Å². The van der Waals surface area contributed by atoms with Crippen molar-refractivity contribution in [2.45, 2.75) is 32.7 Å². The molecule has 0 aromatic heterocycles. The fraction of sp³-hybridized carbons (Fsp3) is 0.333. The van der Waals surface area contributed by atoms with Crippen molar-refractivity contribution < 1.29 is 14.3 Å². The third kappa shape index (κ3) is 7.92. The smallest absolute Gasteiger partial charge is 0.262 e. The fourth-order valence-corrected chi connectivity index (χ4v) is 2.53. The molecule has 144 valence electrons. The second-order valence-electron chi connectivity index (χ2n) is 6.63. The van der Waals surface area contributed by atoms with Gasteiger partial charge in [0.15, 0.2) is 6.61 Å². The SMILES string of the molecule is Cc1cccc(NC(=O)COc2ccc(CCNC(=O)CC(C)N)cc2)c1. The van der Waals surface area contributed by atoms with Crippen molar-refractivity contribution in [1.82, 2.24) is 5.32 Å². The molecule has 27 heavy (non-hydrogen) atoms. The molecule has 0 aliphatic carbocycles. The van der Waals surface area contributed by atoms with Gasteiger partial charge in [0.05, 0.1) is 0 Å². The lowest BCUT2D eigenvalue weighted by atomic mass is 10.1. The van der Waals surface area contributed by atoms with Crippen LogP contribution in [0.1, 0.15) is 24.5 Å². The Balaban J connectivity index is 1.72. The maximum absolute atomic E-state index is 12.0. The topological polar surface area (TPSA) is 93.5 Å². The van der Waals surface area contributed by atoms with E-state index in [1.165, 1.54) is 0 Å². The number of anilines is 1. The maximum Gasteiger partial charge on any atom is 0.262 e. The van der Waals surface area contributed by atoms with Crippen LogP contribution in [0.25, 0.3) is 0 Å². The summed E-state index contributed by atoms with van der Waals surface area (Å²) in [6.45, 7) is 4.28. The number of hydrogen-bond acceptors (Lipinski definition) is 4. The lowest BCUT2D eigenvalue weighted by Crippen LogP contribution is -2.31. The second-order valence-corrected chi connectivity index (χ2v) is 6.63. The third-order valence-electron chi connectivity index (χ3n) is 3.84. The van der Waals surface area contributed by atoms with E-state index in [1.54, 1.807) is 6.92 Å². The average Bonchev–Trinajstić information content (AvgIpc) is 2.60. The highest BCUT2D eigenvalue weighted by Crippen LogP contribution is 2.13. The van der Waals surface area contributed by atoms with Crippen LogP contribution in [0.5, 0.6) is 5.75 Å². The van der Waals surface area contributed by atoms with Crippen molar-refractivity contribution in [3.05, 3.63) is 59.7 Å². The molecule has 1 unspecified atom stereocenters. The van der Waals surface area contributed by atoms with Crippen LogP contribution < -0.4 is 21.1 Å². The standard InChI is InChI=1S/C21H27N3O3/c1-15-4-3-5-18(12-15)24-21(26)14-27-19-8-6-17(7-9-19)10-11-23-20(25)13-16(2)22/h3-9,12,16H,10-11,13-14,22H2,1-2H3,(H,23,25)(H,24,26). The van der Waals surface area contributed by atoms with Crippen LogP contribution in [-0.2, 0) is 16.0 Å². The van der Waals surface area contributed by atoms with Gasteiger partial charge >= 0.3 is 0 Å². The van der Waals surface area contributed by atoms with Crippen molar-refractivity contribution in [3.63, 3.8) is 0 Å². The molecule has 0 bridgehead atoms. The van der Waals surface area contributed by atoms with Crippen LogP contribution in [-0.4, -0.2) is 31.0 Å². The first kappa shape index (κ1) is 20.5. The predicted octanol–water partition coefficient (Wildman–Crippen LogP) is 2.41. The number of rotatable bonds is 9. The van der Waals surface area contributed by atoms with Crippen molar-refractivity contribution in [2.24, 2.45) is 5.73 Å². The lowest BCUT2D eigenvalue weighted by molar-refractivity contribution is -0.121. The molecule has 2 amide bonds. The van der Waals surface area contributed by atoms with Crippen molar-refractivity contribution in [2.75, 3.05) is 18.5 Å². The number of carbonyl (C=O) groups excluding carboxylic acids is 2. The zero-order chi connectivity index (χ0) is 19.6. The number of benzene rings is 2. The number of aryl methyl sites for hydroxylation is 1. The summed E-state index contributed by atoms with van der Waals surface area (Å²) in [6.07, 6.45) is 1.05. The molecule has 2 aromatic rings. The van der Waals surface area contributed by atoms with E-state index >= 15 is 0 Å². The minimum atomic E-state index is -0.207. The molecule has 0 saturated carbocycles. The molecule has 0 saturated heterocycles. The van der Waals surface area contributed by atoms with E-state index in [2.05, 4.69) is 10.6 Å². The Morgan fingerprint density at radius 1 is 1.11 bits per heavy atom. The van der Waals surface area contributed by atoms with E-state index in [0.29, 0.717) is 18.7 Å². The Hall–Kier alpha value is -2.86. The Bertz CT molecular complexity index is 758. The van der Waals surface area contributed by atoms with E-state index in [1.807, 2.05) is 55.5 Å². The van der Waals surface area contributed by atoms with Gasteiger partial charge in [-0.25, -0.2) is 0 Å². The molecular formula is C21H27N3O3. The first-order valence-electron chi connectivity index (χ1n) is 9.03. The molecule has 0 aliphatic rings. The Labute approximate surface area is 160 Å². The molecule has 0 fully saturated rings. The first-order valence-corrected chi connectivity index (χ1v) is 9.03. The number of nitrogens with two attached hydrogens (primary N) is 1. The molecule has 6 nitrogen and oxygen atoms in total. The van der Waals surface area contributed by atoms with Gasteiger partial charge in [-0.2, -0.15) is 0 Å². The van der Waals surface area contributed by atoms with E-state index in [0.717, 1.165) is 23.2 Å². The number of ether oxygens (including phenoxy) is 1. The highest BCUT2D eigenvalue weighted by molar-refractivity contribution is 5.91. The van der Waals surface area contributed by atoms with Gasteiger partial charge in [0, 0.05) is 24.7 Å². The van der Waals surface area contributed by atoms with E-state index in [-0.39, 0.29) is 24.5 Å². The van der Waals surface area contributed by atoms with Gasteiger partial charge in [-0.05, 0) is 55.7 Å². The number of amides is 2.